The van der Waals surface area contributed by atoms with Crippen LogP contribution in [0.3, 0.4) is 0 Å². The Morgan fingerprint density at radius 2 is 1.96 bits per heavy atom. The quantitative estimate of drug-likeness (QED) is 0.735. The summed E-state index contributed by atoms with van der Waals surface area (Å²) < 4.78 is 6.95. The van der Waals surface area contributed by atoms with Gasteiger partial charge in [-0.3, -0.25) is 4.79 Å². The number of piperidine rings is 1. The topological polar surface area (TPSA) is 64.2 Å². The molecule has 1 aliphatic rings. The van der Waals surface area contributed by atoms with Gasteiger partial charge < -0.3 is 9.32 Å². The Morgan fingerprint density at radius 3 is 2.68 bits per heavy atom. The van der Waals surface area contributed by atoms with Gasteiger partial charge in [-0.05, 0) is 24.5 Å². The summed E-state index contributed by atoms with van der Waals surface area (Å²) in [7, 11) is 0. The minimum absolute atomic E-state index is 0.0376. The maximum absolute atomic E-state index is 12.3. The van der Waals surface area contributed by atoms with E-state index in [-0.39, 0.29) is 5.91 Å². The standard InChI is InChI=1S/C19H20N4O2/c24-19(16-8-11-25-14-16)22-9-6-18(7-10-22)23-13-17(20-21-23)12-15-4-2-1-3-5-15/h1-5,8,11,13-14,18H,6-7,9-10,12H2. The van der Waals surface area contributed by atoms with Crippen molar-refractivity contribution >= 4 is 5.91 Å². The first-order chi connectivity index (χ1) is 12.3. The van der Waals surface area contributed by atoms with Crippen molar-refractivity contribution in [2.24, 2.45) is 0 Å². The first-order valence-electron chi connectivity index (χ1n) is 8.56. The van der Waals surface area contributed by atoms with Crippen molar-refractivity contribution in [3.8, 4) is 0 Å². The van der Waals surface area contributed by atoms with Crippen molar-refractivity contribution in [1.82, 2.24) is 19.9 Å². The summed E-state index contributed by atoms with van der Waals surface area (Å²) in [6, 6.07) is 12.3. The largest absolute Gasteiger partial charge is 0.472 e. The van der Waals surface area contributed by atoms with Crippen LogP contribution in [0.2, 0.25) is 0 Å². The van der Waals surface area contributed by atoms with Gasteiger partial charge in [-0.15, -0.1) is 5.10 Å². The Morgan fingerprint density at radius 1 is 1.16 bits per heavy atom. The lowest BCUT2D eigenvalue weighted by molar-refractivity contribution is 0.0688. The molecule has 1 aromatic carbocycles. The fraction of sp³-hybridized carbons (Fsp3) is 0.316. The molecule has 0 atom stereocenters. The lowest BCUT2D eigenvalue weighted by Gasteiger charge is -2.31. The van der Waals surface area contributed by atoms with Gasteiger partial charge in [0.1, 0.15) is 6.26 Å². The van der Waals surface area contributed by atoms with E-state index in [0.29, 0.717) is 11.6 Å². The normalized spacial score (nSPS) is 15.4. The smallest absolute Gasteiger partial charge is 0.257 e. The number of benzene rings is 1. The minimum Gasteiger partial charge on any atom is -0.472 e. The molecule has 1 fully saturated rings. The molecule has 1 amide bonds. The molecule has 4 rings (SSSR count). The van der Waals surface area contributed by atoms with Crippen molar-refractivity contribution in [2.45, 2.75) is 25.3 Å². The van der Waals surface area contributed by atoms with Crippen LogP contribution in [-0.4, -0.2) is 38.9 Å². The highest BCUT2D eigenvalue weighted by Gasteiger charge is 2.25. The third kappa shape index (κ3) is 3.47. The molecule has 0 saturated carbocycles. The third-order valence-corrected chi connectivity index (χ3v) is 4.68. The lowest BCUT2D eigenvalue weighted by atomic mass is 10.0. The summed E-state index contributed by atoms with van der Waals surface area (Å²) in [4.78, 5) is 14.2. The second-order valence-corrected chi connectivity index (χ2v) is 6.39. The van der Waals surface area contributed by atoms with Crippen LogP contribution in [0.4, 0.5) is 0 Å². The molecule has 0 N–H and O–H groups in total. The highest BCUT2D eigenvalue weighted by molar-refractivity contribution is 5.93. The Balaban J connectivity index is 1.36. The van der Waals surface area contributed by atoms with Gasteiger partial charge in [0.15, 0.2) is 0 Å². The summed E-state index contributed by atoms with van der Waals surface area (Å²) in [6.45, 7) is 1.45. The van der Waals surface area contributed by atoms with Crippen molar-refractivity contribution in [3.63, 3.8) is 0 Å². The zero-order valence-electron chi connectivity index (χ0n) is 13.9. The van der Waals surface area contributed by atoms with Gasteiger partial charge in [0.05, 0.1) is 23.6 Å². The molecule has 0 spiro atoms. The average molecular weight is 336 g/mol. The molecule has 1 saturated heterocycles. The number of amides is 1. The van der Waals surface area contributed by atoms with E-state index in [1.165, 1.54) is 18.1 Å². The molecule has 3 aromatic rings. The second kappa shape index (κ2) is 6.93. The minimum atomic E-state index is 0.0376. The molecule has 1 aliphatic heterocycles. The van der Waals surface area contributed by atoms with Crippen LogP contribution in [-0.2, 0) is 6.42 Å². The van der Waals surface area contributed by atoms with Crippen LogP contribution in [0, 0.1) is 0 Å². The van der Waals surface area contributed by atoms with Crippen LogP contribution < -0.4 is 0 Å². The number of likely N-dealkylation sites (tertiary alicyclic amines) is 1. The van der Waals surface area contributed by atoms with Crippen LogP contribution in [0.5, 0.6) is 0 Å². The van der Waals surface area contributed by atoms with Crippen LogP contribution in [0.1, 0.15) is 40.5 Å². The number of nitrogens with zero attached hydrogens (tertiary/aromatic N) is 4. The molecule has 0 aliphatic carbocycles. The highest BCUT2D eigenvalue weighted by Crippen LogP contribution is 2.23. The monoisotopic (exact) mass is 336 g/mol. The lowest BCUT2D eigenvalue weighted by Crippen LogP contribution is -2.39. The van der Waals surface area contributed by atoms with Gasteiger partial charge in [0, 0.05) is 25.7 Å². The SMILES string of the molecule is O=C(c1ccoc1)N1CCC(n2cc(Cc3ccccc3)nn2)CC1. The van der Waals surface area contributed by atoms with Crippen LogP contribution >= 0.6 is 0 Å². The summed E-state index contributed by atoms with van der Waals surface area (Å²) in [5.74, 6) is 0.0376. The molecule has 2 aromatic heterocycles. The average Bonchev–Trinajstić information content (AvgIpc) is 3.34. The maximum Gasteiger partial charge on any atom is 0.257 e. The summed E-state index contributed by atoms with van der Waals surface area (Å²) in [6.07, 6.45) is 7.63. The number of hydrogen-bond donors (Lipinski definition) is 0. The molecule has 3 heterocycles. The van der Waals surface area contributed by atoms with E-state index in [0.717, 1.165) is 38.0 Å². The number of furan rings is 1. The van der Waals surface area contributed by atoms with Gasteiger partial charge in [-0.25, -0.2) is 4.68 Å². The van der Waals surface area contributed by atoms with E-state index < -0.39 is 0 Å². The van der Waals surface area contributed by atoms with Gasteiger partial charge >= 0.3 is 0 Å². The van der Waals surface area contributed by atoms with Crippen molar-refractivity contribution in [3.05, 3.63) is 71.9 Å². The number of rotatable bonds is 4. The fourth-order valence-electron chi connectivity index (χ4n) is 3.28. The molecule has 0 unspecified atom stereocenters. The van der Waals surface area contributed by atoms with E-state index in [9.17, 15) is 4.79 Å². The van der Waals surface area contributed by atoms with E-state index in [4.69, 9.17) is 4.42 Å². The summed E-state index contributed by atoms with van der Waals surface area (Å²) >= 11 is 0. The van der Waals surface area contributed by atoms with E-state index in [2.05, 4.69) is 22.4 Å². The van der Waals surface area contributed by atoms with Crippen LogP contribution in [0.25, 0.3) is 0 Å². The van der Waals surface area contributed by atoms with Crippen LogP contribution in [0.15, 0.2) is 59.5 Å². The number of carbonyl (C=O) groups excluding carboxylic acids is 1. The third-order valence-electron chi connectivity index (χ3n) is 4.68. The molecule has 25 heavy (non-hydrogen) atoms. The second-order valence-electron chi connectivity index (χ2n) is 6.39. The van der Waals surface area contributed by atoms with Gasteiger partial charge in [-0.1, -0.05) is 35.5 Å². The maximum atomic E-state index is 12.3. The fourth-order valence-corrected chi connectivity index (χ4v) is 3.28. The first-order valence-corrected chi connectivity index (χ1v) is 8.56. The molecule has 128 valence electrons. The Hall–Kier alpha value is -2.89. The molecular formula is C19H20N4O2. The van der Waals surface area contributed by atoms with Crippen molar-refractivity contribution < 1.29 is 9.21 Å². The zero-order chi connectivity index (χ0) is 17.1. The first kappa shape index (κ1) is 15.6. The van der Waals surface area contributed by atoms with Crippen molar-refractivity contribution in [2.75, 3.05) is 13.1 Å². The number of hydrogen-bond acceptors (Lipinski definition) is 4. The van der Waals surface area contributed by atoms with Gasteiger partial charge in [-0.2, -0.15) is 0 Å². The predicted molar refractivity (Wildman–Crippen MR) is 92.2 cm³/mol. The van der Waals surface area contributed by atoms with Gasteiger partial charge in [0.25, 0.3) is 5.91 Å². The molecule has 0 radical (unpaired) electrons. The van der Waals surface area contributed by atoms with Gasteiger partial charge in [0.2, 0.25) is 0 Å². The predicted octanol–water partition coefficient (Wildman–Crippen LogP) is 2.94. The van der Waals surface area contributed by atoms with Crippen molar-refractivity contribution in [1.29, 1.82) is 0 Å². The van der Waals surface area contributed by atoms with E-state index in [1.807, 2.05) is 34.0 Å². The number of aromatic nitrogens is 3. The molecular weight excluding hydrogens is 316 g/mol. The summed E-state index contributed by atoms with van der Waals surface area (Å²) in [5, 5.41) is 8.61. The Bertz CT molecular complexity index is 818. The highest BCUT2D eigenvalue weighted by atomic mass is 16.3. The molecule has 6 heteroatoms. The Kier molecular flexibility index (Phi) is 4.33. The Labute approximate surface area is 146 Å². The van der Waals surface area contributed by atoms with E-state index in [1.54, 1.807) is 6.07 Å². The summed E-state index contributed by atoms with van der Waals surface area (Å²) in [5.41, 5.74) is 2.82. The number of carbonyl (C=O) groups is 1. The zero-order valence-corrected chi connectivity index (χ0v) is 13.9. The molecule has 0 bridgehead atoms. The van der Waals surface area contributed by atoms with E-state index >= 15 is 0 Å². The molecule has 6 nitrogen and oxygen atoms in total.